The molecule has 32 heavy (non-hydrogen) atoms. The van der Waals surface area contributed by atoms with E-state index in [1.807, 2.05) is 6.92 Å². The molecule has 2 aromatic rings. The van der Waals surface area contributed by atoms with Crippen molar-refractivity contribution in [3.8, 4) is 11.5 Å². The molecular formula is C23H31ClN3O5-. The van der Waals surface area contributed by atoms with Crippen molar-refractivity contribution >= 4 is 29.9 Å². The van der Waals surface area contributed by atoms with Gasteiger partial charge in [0.05, 0.1) is 25.2 Å². The second kappa shape index (κ2) is 12.8. The summed E-state index contributed by atoms with van der Waals surface area (Å²) in [7, 11) is 0. The molecular weight excluding hydrogens is 434 g/mol. The number of hydrogen-bond acceptors (Lipinski definition) is 7. The Balaban J connectivity index is 0.00000512. The number of anilines is 1. The second-order valence-corrected chi connectivity index (χ2v) is 7.49. The largest absolute Gasteiger partial charge is 0.548 e. The summed E-state index contributed by atoms with van der Waals surface area (Å²) in [5.41, 5.74) is 7.74. The van der Waals surface area contributed by atoms with E-state index in [1.54, 1.807) is 36.4 Å². The zero-order chi connectivity index (χ0) is 23.0. The van der Waals surface area contributed by atoms with Crippen LogP contribution in [0.4, 0.5) is 5.69 Å². The van der Waals surface area contributed by atoms with Crippen LogP contribution in [0, 0.1) is 11.3 Å². The van der Waals surface area contributed by atoms with E-state index in [9.17, 15) is 15.0 Å². The minimum Gasteiger partial charge on any atom is -0.548 e. The lowest BCUT2D eigenvalue weighted by molar-refractivity contribution is -0.307. The normalized spacial score (nSPS) is 11.4. The van der Waals surface area contributed by atoms with Gasteiger partial charge in [0.15, 0.2) is 0 Å². The monoisotopic (exact) mass is 464 g/mol. The molecule has 0 saturated carbocycles. The van der Waals surface area contributed by atoms with Crippen molar-refractivity contribution in [1.82, 2.24) is 0 Å². The minimum absolute atomic E-state index is 0. The number of aliphatic carboxylic acids is 1. The number of carbonyl (C=O) groups excluding carboxylic acids is 1. The lowest BCUT2D eigenvalue weighted by atomic mass is 9.96. The second-order valence-electron chi connectivity index (χ2n) is 7.49. The molecule has 0 aromatic heterocycles. The summed E-state index contributed by atoms with van der Waals surface area (Å²) in [6, 6.07) is 8.71. The molecule has 1 atom stereocenters. The Kier molecular flexibility index (Phi) is 10.8. The number of nitrogen functional groups attached to an aromatic ring is 1. The number of rotatable bonds is 12. The average molecular weight is 465 g/mol. The highest BCUT2D eigenvalue weighted by molar-refractivity contribution is 5.95. The molecule has 0 saturated heterocycles. The van der Waals surface area contributed by atoms with Gasteiger partial charge in [-0.2, -0.15) is 0 Å². The maximum atomic E-state index is 12.1. The molecule has 2 rings (SSSR count). The molecule has 5 N–H and O–H groups in total. The number of carboxylic acids is 1. The lowest BCUT2D eigenvalue weighted by Gasteiger charge is -2.26. The molecule has 176 valence electrons. The fourth-order valence-corrected chi connectivity index (χ4v) is 3.19. The summed E-state index contributed by atoms with van der Waals surface area (Å²) in [5, 5.41) is 31.7. The van der Waals surface area contributed by atoms with Crippen molar-refractivity contribution in [2.24, 2.45) is 11.7 Å². The minimum atomic E-state index is -1.34. The Morgan fingerprint density at radius 2 is 1.84 bits per heavy atom. The van der Waals surface area contributed by atoms with Gasteiger partial charge in [0.25, 0.3) is 0 Å². The smallest absolute Gasteiger partial charge is 0.125 e. The maximum absolute atomic E-state index is 12.1. The van der Waals surface area contributed by atoms with Crippen molar-refractivity contribution < 1.29 is 24.5 Å². The molecule has 2 aromatic carbocycles. The third kappa shape index (κ3) is 7.32. The highest BCUT2D eigenvalue weighted by Crippen LogP contribution is 2.36. The number of aliphatic hydroxyl groups is 1. The molecule has 0 spiro atoms. The van der Waals surface area contributed by atoms with Crippen LogP contribution in [0.25, 0.3) is 0 Å². The van der Waals surface area contributed by atoms with Gasteiger partial charge in [0, 0.05) is 16.8 Å². The number of carboxylic acid groups (broad SMARTS) is 1. The maximum Gasteiger partial charge on any atom is 0.125 e. The van der Waals surface area contributed by atoms with Crippen LogP contribution in [0.15, 0.2) is 36.4 Å². The number of hydrogen-bond donors (Lipinski definition) is 4. The molecule has 0 aliphatic carbocycles. The summed E-state index contributed by atoms with van der Waals surface area (Å²) >= 11 is 0. The molecule has 0 aliphatic rings. The average Bonchev–Trinajstić information content (AvgIpc) is 2.72. The summed E-state index contributed by atoms with van der Waals surface area (Å²) in [6.45, 7) is 6.26. The first-order chi connectivity index (χ1) is 14.8. The summed E-state index contributed by atoms with van der Waals surface area (Å²) in [5.74, 6) is -0.142. The van der Waals surface area contributed by atoms with Crippen LogP contribution in [-0.4, -0.2) is 36.7 Å². The summed E-state index contributed by atoms with van der Waals surface area (Å²) < 4.78 is 11.5. The molecule has 1 unspecified atom stereocenters. The Morgan fingerprint density at radius 1 is 1.19 bits per heavy atom. The van der Waals surface area contributed by atoms with Crippen molar-refractivity contribution in [3.63, 3.8) is 0 Å². The highest BCUT2D eigenvalue weighted by Gasteiger charge is 2.22. The summed E-state index contributed by atoms with van der Waals surface area (Å²) in [6.07, 6.45) is 0.723. The van der Waals surface area contributed by atoms with Gasteiger partial charge in [0.2, 0.25) is 0 Å². The van der Waals surface area contributed by atoms with Gasteiger partial charge >= 0.3 is 0 Å². The third-order valence-electron chi connectivity index (χ3n) is 4.52. The van der Waals surface area contributed by atoms with Gasteiger partial charge < -0.3 is 35.5 Å². The number of benzene rings is 2. The van der Waals surface area contributed by atoms with Crippen molar-refractivity contribution in [2.75, 3.05) is 25.1 Å². The molecule has 0 amide bonds. The predicted molar refractivity (Wildman–Crippen MR) is 125 cm³/mol. The van der Waals surface area contributed by atoms with Crippen LogP contribution in [0.3, 0.4) is 0 Å². The van der Waals surface area contributed by atoms with Gasteiger partial charge in [-0.1, -0.05) is 13.8 Å². The highest BCUT2D eigenvalue weighted by atomic mass is 35.5. The van der Waals surface area contributed by atoms with Gasteiger partial charge in [0.1, 0.15) is 23.9 Å². The zero-order valence-corrected chi connectivity index (χ0v) is 19.3. The van der Waals surface area contributed by atoms with Crippen LogP contribution in [0.5, 0.6) is 11.5 Å². The topological polar surface area (TPSA) is 141 Å². The fourth-order valence-electron chi connectivity index (χ4n) is 3.19. The standard InChI is InChI=1S/C23H31N3O5.ClH/c1-4-30-19-13-18(20(31-10-9-27)12-16(19)11-14(2)3)21(23(28)29)26-17-7-5-15(6-8-17)22(24)25;/h5-8,12-14,21,26-27H,4,9-11H2,1-3H3,(H3,24,25)(H,28,29);1H/p-1. The number of amidine groups is 1. The Hall–Kier alpha value is -2.97. The Morgan fingerprint density at radius 3 is 2.34 bits per heavy atom. The molecule has 0 fully saturated rings. The van der Waals surface area contributed by atoms with Crippen LogP contribution in [-0.2, 0) is 11.2 Å². The van der Waals surface area contributed by atoms with Crippen LogP contribution in [0.2, 0.25) is 0 Å². The van der Waals surface area contributed by atoms with E-state index < -0.39 is 12.0 Å². The van der Waals surface area contributed by atoms with E-state index in [0.29, 0.717) is 40.8 Å². The van der Waals surface area contributed by atoms with E-state index in [0.717, 1.165) is 12.0 Å². The quantitative estimate of drug-likeness (QED) is 0.279. The molecule has 8 nitrogen and oxygen atoms in total. The van der Waals surface area contributed by atoms with Crippen LogP contribution >= 0.6 is 12.4 Å². The van der Waals surface area contributed by atoms with Gasteiger partial charge in [-0.15, -0.1) is 12.4 Å². The first kappa shape index (κ1) is 27.1. The van der Waals surface area contributed by atoms with Gasteiger partial charge in [-0.05, 0) is 61.2 Å². The van der Waals surface area contributed by atoms with Crippen molar-refractivity contribution in [3.05, 3.63) is 53.1 Å². The van der Waals surface area contributed by atoms with E-state index in [1.165, 1.54) is 0 Å². The number of carbonyl (C=O) groups is 1. The first-order valence-electron chi connectivity index (χ1n) is 10.2. The molecule has 9 heteroatoms. The van der Waals surface area contributed by atoms with E-state index in [2.05, 4.69) is 19.2 Å². The number of halogens is 1. The molecule has 0 aliphatic heterocycles. The molecule has 0 bridgehead atoms. The third-order valence-corrected chi connectivity index (χ3v) is 4.52. The van der Waals surface area contributed by atoms with Crippen molar-refractivity contribution in [1.29, 1.82) is 5.41 Å². The van der Waals surface area contributed by atoms with Crippen LogP contribution in [0.1, 0.15) is 43.5 Å². The van der Waals surface area contributed by atoms with E-state index >= 15 is 0 Å². The molecule has 0 heterocycles. The Labute approximate surface area is 194 Å². The predicted octanol–water partition coefficient (Wildman–Crippen LogP) is 2.26. The first-order valence-corrected chi connectivity index (χ1v) is 10.2. The van der Waals surface area contributed by atoms with Gasteiger partial charge in [-0.3, -0.25) is 5.41 Å². The number of nitrogens with one attached hydrogen (secondary N) is 2. The summed E-state index contributed by atoms with van der Waals surface area (Å²) in [4.78, 5) is 12.1. The van der Waals surface area contributed by atoms with E-state index in [4.69, 9.17) is 20.6 Å². The number of aliphatic hydroxyl groups excluding tert-OH is 1. The van der Waals surface area contributed by atoms with E-state index in [-0.39, 0.29) is 31.5 Å². The number of nitrogens with two attached hydrogens (primary N) is 1. The zero-order valence-electron chi connectivity index (χ0n) is 18.5. The fraction of sp³-hybridized carbons (Fsp3) is 0.391. The number of ether oxygens (including phenoxy) is 2. The lowest BCUT2D eigenvalue weighted by Crippen LogP contribution is -2.34. The van der Waals surface area contributed by atoms with Crippen molar-refractivity contribution in [2.45, 2.75) is 33.2 Å². The SMILES string of the molecule is CCOc1cc(C(Nc2ccc(C(=N)N)cc2)C(=O)[O-])c(OCCO)cc1CC(C)C.Cl. The van der Waals surface area contributed by atoms with Crippen LogP contribution < -0.4 is 25.6 Å². The Bertz CT molecular complexity index is 903. The van der Waals surface area contributed by atoms with Gasteiger partial charge in [-0.25, -0.2) is 0 Å². The molecule has 0 radical (unpaired) electrons.